The number of carbonyl (C=O) groups is 1. The Bertz CT molecular complexity index is 402. The van der Waals surface area contributed by atoms with E-state index in [0.717, 1.165) is 31.6 Å². The predicted molar refractivity (Wildman–Crippen MR) is 73.6 cm³/mol. The van der Waals surface area contributed by atoms with Crippen LogP contribution in [0.3, 0.4) is 0 Å². The number of aromatic nitrogens is 1. The van der Waals surface area contributed by atoms with Gasteiger partial charge in [0, 0.05) is 19.8 Å². The first-order chi connectivity index (χ1) is 9.27. The second-order valence-electron chi connectivity index (χ2n) is 4.59. The van der Waals surface area contributed by atoms with Gasteiger partial charge in [-0.2, -0.15) is 0 Å². The van der Waals surface area contributed by atoms with Gasteiger partial charge in [-0.1, -0.05) is 0 Å². The summed E-state index contributed by atoms with van der Waals surface area (Å²) in [6.45, 7) is 4.65. The summed E-state index contributed by atoms with van der Waals surface area (Å²) >= 11 is 1.37. The first-order valence-electron chi connectivity index (χ1n) is 6.65. The molecular weight excluding hydrogens is 264 g/mol. The van der Waals surface area contributed by atoms with E-state index < -0.39 is 0 Å². The average Bonchev–Trinajstić information content (AvgIpc) is 3.04. The molecular formula is C13H20N2O3S. The van der Waals surface area contributed by atoms with Gasteiger partial charge in [0.15, 0.2) is 0 Å². The minimum atomic E-state index is -0.0425. The Labute approximate surface area is 117 Å². The number of amides is 1. The van der Waals surface area contributed by atoms with Crippen LogP contribution in [0.4, 0.5) is 0 Å². The predicted octanol–water partition coefficient (Wildman–Crippen LogP) is 1.77. The van der Waals surface area contributed by atoms with E-state index in [1.54, 1.807) is 5.51 Å². The minimum absolute atomic E-state index is 0.0425. The van der Waals surface area contributed by atoms with Gasteiger partial charge in [-0.15, -0.1) is 11.3 Å². The Morgan fingerprint density at radius 1 is 1.68 bits per heavy atom. The molecule has 6 heteroatoms. The minimum Gasteiger partial charge on any atom is -0.379 e. The smallest absolute Gasteiger partial charge is 0.263 e. The highest BCUT2D eigenvalue weighted by Gasteiger charge is 2.15. The summed E-state index contributed by atoms with van der Waals surface area (Å²) < 4.78 is 11.0. The number of aryl methyl sites for hydroxylation is 1. The third-order valence-corrected chi connectivity index (χ3v) is 3.96. The van der Waals surface area contributed by atoms with Crippen LogP contribution in [0, 0.1) is 6.92 Å². The maximum absolute atomic E-state index is 11.8. The second-order valence-corrected chi connectivity index (χ2v) is 5.44. The fourth-order valence-corrected chi connectivity index (χ4v) is 2.69. The molecule has 19 heavy (non-hydrogen) atoms. The monoisotopic (exact) mass is 284 g/mol. The first-order valence-corrected chi connectivity index (χ1v) is 7.53. The van der Waals surface area contributed by atoms with E-state index in [0.29, 0.717) is 24.6 Å². The van der Waals surface area contributed by atoms with E-state index in [1.165, 1.54) is 11.3 Å². The molecule has 2 heterocycles. The van der Waals surface area contributed by atoms with Crippen molar-refractivity contribution in [3.8, 4) is 0 Å². The summed E-state index contributed by atoms with van der Waals surface area (Å²) in [6.07, 6.45) is 3.32. The van der Waals surface area contributed by atoms with E-state index in [2.05, 4.69) is 10.3 Å². The number of ether oxygens (including phenoxy) is 2. The third kappa shape index (κ3) is 4.56. The van der Waals surface area contributed by atoms with Crippen LogP contribution in [-0.4, -0.2) is 43.4 Å². The van der Waals surface area contributed by atoms with Gasteiger partial charge in [0.1, 0.15) is 4.88 Å². The summed E-state index contributed by atoms with van der Waals surface area (Å²) in [5.74, 6) is -0.0425. The SMILES string of the molecule is Cc1ncsc1C(=O)NCCCOCC1CCCO1. The van der Waals surface area contributed by atoms with Crippen LogP contribution in [0.15, 0.2) is 5.51 Å². The Balaban J connectivity index is 1.52. The number of carbonyl (C=O) groups excluding carboxylic acids is 1. The summed E-state index contributed by atoms with van der Waals surface area (Å²) in [7, 11) is 0. The largest absolute Gasteiger partial charge is 0.379 e. The lowest BCUT2D eigenvalue weighted by Crippen LogP contribution is -2.25. The van der Waals surface area contributed by atoms with E-state index in [4.69, 9.17) is 9.47 Å². The van der Waals surface area contributed by atoms with Crippen LogP contribution >= 0.6 is 11.3 Å². The molecule has 1 unspecified atom stereocenters. The lowest BCUT2D eigenvalue weighted by atomic mass is 10.2. The van der Waals surface area contributed by atoms with Crippen molar-refractivity contribution in [2.45, 2.75) is 32.3 Å². The molecule has 1 amide bonds. The molecule has 1 saturated heterocycles. The fraction of sp³-hybridized carbons (Fsp3) is 0.692. The maximum Gasteiger partial charge on any atom is 0.263 e. The van der Waals surface area contributed by atoms with Crippen molar-refractivity contribution in [3.63, 3.8) is 0 Å². The zero-order valence-corrected chi connectivity index (χ0v) is 12.0. The molecule has 1 aliphatic rings. The summed E-state index contributed by atoms with van der Waals surface area (Å²) in [4.78, 5) is 16.5. The molecule has 5 nitrogen and oxygen atoms in total. The zero-order valence-electron chi connectivity index (χ0n) is 11.2. The van der Waals surface area contributed by atoms with Gasteiger partial charge in [0.2, 0.25) is 0 Å². The third-order valence-electron chi connectivity index (χ3n) is 3.03. The summed E-state index contributed by atoms with van der Waals surface area (Å²) in [5.41, 5.74) is 2.48. The lowest BCUT2D eigenvalue weighted by molar-refractivity contribution is 0.0166. The fourth-order valence-electron chi connectivity index (χ4n) is 1.97. The maximum atomic E-state index is 11.8. The van der Waals surface area contributed by atoms with Crippen molar-refractivity contribution < 1.29 is 14.3 Å². The molecule has 1 aromatic rings. The van der Waals surface area contributed by atoms with Gasteiger partial charge in [-0.25, -0.2) is 4.98 Å². The molecule has 2 rings (SSSR count). The zero-order chi connectivity index (χ0) is 13.5. The summed E-state index contributed by atoms with van der Waals surface area (Å²) in [6, 6.07) is 0. The Kier molecular flexibility index (Phi) is 5.75. The molecule has 0 spiro atoms. The van der Waals surface area contributed by atoms with Crippen molar-refractivity contribution in [1.29, 1.82) is 0 Å². The molecule has 0 aromatic carbocycles. The van der Waals surface area contributed by atoms with Gasteiger partial charge >= 0.3 is 0 Å². The van der Waals surface area contributed by atoms with Crippen LogP contribution in [-0.2, 0) is 9.47 Å². The van der Waals surface area contributed by atoms with Crippen LogP contribution in [0.2, 0.25) is 0 Å². The van der Waals surface area contributed by atoms with Crippen molar-refractivity contribution in [2.24, 2.45) is 0 Å². The van der Waals surface area contributed by atoms with Gasteiger partial charge in [-0.3, -0.25) is 4.79 Å². The molecule has 1 aliphatic heterocycles. The molecule has 0 bridgehead atoms. The van der Waals surface area contributed by atoms with Gasteiger partial charge in [0.25, 0.3) is 5.91 Å². The summed E-state index contributed by atoms with van der Waals surface area (Å²) in [5, 5.41) is 2.87. The van der Waals surface area contributed by atoms with Crippen molar-refractivity contribution in [2.75, 3.05) is 26.4 Å². The Hall–Kier alpha value is -0.980. The number of rotatable bonds is 7. The van der Waals surface area contributed by atoms with E-state index >= 15 is 0 Å². The molecule has 0 aliphatic carbocycles. The normalized spacial score (nSPS) is 18.7. The molecule has 0 radical (unpaired) electrons. The molecule has 1 aromatic heterocycles. The molecule has 0 saturated carbocycles. The van der Waals surface area contributed by atoms with E-state index in [-0.39, 0.29) is 12.0 Å². The average molecular weight is 284 g/mol. The quantitative estimate of drug-likeness (QED) is 0.775. The highest BCUT2D eigenvalue weighted by atomic mass is 32.1. The van der Waals surface area contributed by atoms with Gasteiger partial charge in [0.05, 0.1) is 23.9 Å². The number of nitrogens with one attached hydrogen (secondary N) is 1. The van der Waals surface area contributed by atoms with Crippen molar-refractivity contribution in [3.05, 3.63) is 16.1 Å². The van der Waals surface area contributed by atoms with Crippen molar-refractivity contribution >= 4 is 17.2 Å². The van der Waals surface area contributed by atoms with Crippen LogP contribution in [0.1, 0.15) is 34.6 Å². The first kappa shape index (κ1) is 14.4. The van der Waals surface area contributed by atoms with E-state index in [1.807, 2.05) is 6.92 Å². The van der Waals surface area contributed by atoms with Gasteiger partial charge in [-0.05, 0) is 26.2 Å². The highest BCUT2D eigenvalue weighted by molar-refractivity contribution is 7.11. The molecule has 1 N–H and O–H groups in total. The second kappa shape index (κ2) is 7.57. The van der Waals surface area contributed by atoms with Crippen LogP contribution in [0.25, 0.3) is 0 Å². The number of hydrogen-bond donors (Lipinski definition) is 1. The van der Waals surface area contributed by atoms with Crippen LogP contribution < -0.4 is 5.32 Å². The van der Waals surface area contributed by atoms with Crippen LogP contribution in [0.5, 0.6) is 0 Å². The topological polar surface area (TPSA) is 60.5 Å². The molecule has 106 valence electrons. The van der Waals surface area contributed by atoms with Crippen molar-refractivity contribution in [1.82, 2.24) is 10.3 Å². The Morgan fingerprint density at radius 2 is 2.58 bits per heavy atom. The van der Waals surface area contributed by atoms with E-state index in [9.17, 15) is 4.79 Å². The number of nitrogens with zero attached hydrogens (tertiary/aromatic N) is 1. The highest BCUT2D eigenvalue weighted by Crippen LogP contribution is 2.12. The molecule has 1 atom stereocenters. The molecule has 1 fully saturated rings. The lowest BCUT2D eigenvalue weighted by Gasteiger charge is -2.10. The number of thiazole rings is 1. The standard InChI is InChI=1S/C13H20N2O3S/c1-10-12(19-9-15-10)13(16)14-5-3-6-17-8-11-4-2-7-18-11/h9,11H,2-8H2,1H3,(H,14,16). The Morgan fingerprint density at radius 3 is 3.26 bits per heavy atom. The number of hydrogen-bond acceptors (Lipinski definition) is 5. The van der Waals surface area contributed by atoms with Gasteiger partial charge < -0.3 is 14.8 Å².